The number of alkyl halides is 3. The number of carbonyl (C=O) groups excluding carboxylic acids is 1. The minimum atomic E-state index is -4.41. The average molecular weight is 372 g/mol. The van der Waals surface area contributed by atoms with E-state index in [1.165, 1.54) is 12.1 Å². The summed E-state index contributed by atoms with van der Waals surface area (Å²) in [5, 5.41) is 3.15. The Labute approximate surface area is 148 Å². The zero-order chi connectivity index (χ0) is 18.4. The molecule has 1 atom stereocenters. The largest absolute Gasteiger partial charge is 0.481 e. The van der Waals surface area contributed by atoms with Gasteiger partial charge in [-0.05, 0) is 48.4 Å². The van der Waals surface area contributed by atoms with Gasteiger partial charge in [0.1, 0.15) is 5.75 Å². The Balaban J connectivity index is 1.97. The topological polar surface area (TPSA) is 38.3 Å². The number of hydrogen-bond acceptors (Lipinski definition) is 2. The van der Waals surface area contributed by atoms with Crippen LogP contribution in [0.4, 0.5) is 13.2 Å². The zero-order valence-electron chi connectivity index (χ0n) is 13.4. The Hall–Kier alpha value is -2.21. The fourth-order valence-corrected chi connectivity index (χ4v) is 2.29. The second-order valence-corrected chi connectivity index (χ2v) is 5.82. The SMILES string of the molecule is CCC(Oc1ccc(Cl)cc1)C(=O)NCc1cccc(C(F)(F)F)c1. The van der Waals surface area contributed by atoms with E-state index in [2.05, 4.69) is 5.32 Å². The minimum absolute atomic E-state index is 0.0107. The lowest BCUT2D eigenvalue weighted by atomic mass is 10.1. The third kappa shape index (κ3) is 5.67. The quantitative estimate of drug-likeness (QED) is 0.789. The van der Waals surface area contributed by atoms with Crippen molar-refractivity contribution in [2.45, 2.75) is 32.2 Å². The lowest BCUT2D eigenvalue weighted by molar-refractivity contribution is -0.137. The first-order valence-electron chi connectivity index (χ1n) is 7.65. The summed E-state index contributed by atoms with van der Waals surface area (Å²) in [7, 11) is 0. The van der Waals surface area contributed by atoms with Gasteiger partial charge >= 0.3 is 6.18 Å². The molecule has 0 heterocycles. The van der Waals surface area contributed by atoms with Crippen LogP contribution in [0.1, 0.15) is 24.5 Å². The summed E-state index contributed by atoms with van der Waals surface area (Å²) in [6, 6.07) is 11.4. The van der Waals surface area contributed by atoms with Crippen molar-refractivity contribution in [1.82, 2.24) is 5.32 Å². The molecule has 0 saturated heterocycles. The molecule has 0 spiro atoms. The lowest BCUT2D eigenvalue weighted by Gasteiger charge is -2.17. The van der Waals surface area contributed by atoms with Crippen LogP contribution in [0, 0.1) is 0 Å². The molecule has 1 amide bonds. The van der Waals surface area contributed by atoms with Gasteiger partial charge in [-0.25, -0.2) is 0 Å². The van der Waals surface area contributed by atoms with E-state index in [1.54, 1.807) is 31.2 Å². The highest BCUT2D eigenvalue weighted by atomic mass is 35.5. The van der Waals surface area contributed by atoms with Gasteiger partial charge < -0.3 is 10.1 Å². The van der Waals surface area contributed by atoms with E-state index in [0.717, 1.165) is 12.1 Å². The number of amides is 1. The normalized spacial score (nSPS) is 12.5. The first-order valence-corrected chi connectivity index (χ1v) is 8.03. The fraction of sp³-hybridized carbons (Fsp3) is 0.278. The molecule has 0 radical (unpaired) electrons. The van der Waals surface area contributed by atoms with Gasteiger partial charge in [-0.2, -0.15) is 13.2 Å². The van der Waals surface area contributed by atoms with E-state index >= 15 is 0 Å². The Bertz CT molecular complexity index is 717. The molecule has 0 fully saturated rings. The second kappa shape index (κ2) is 8.25. The Kier molecular flexibility index (Phi) is 6.31. The summed E-state index contributed by atoms with van der Waals surface area (Å²) in [5.74, 6) is 0.0975. The Morgan fingerprint density at radius 2 is 1.88 bits per heavy atom. The highest BCUT2D eigenvalue weighted by molar-refractivity contribution is 6.30. The molecule has 0 aliphatic heterocycles. The van der Waals surface area contributed by atoms with Crippen molar-refractivity contribution >= 4 is 17.5 Å². The number of benzene rings is 2. The van der Waals surface area contributed by atoms with Gasteiger partial charge in [0, 0.05) is 11.6 Å². The van der Waals surface area contributed by atoms with Gasteiger partial charge in [-0.15, -0.1) is 0 Å². The molecular weight excluding hydrogens is 355 g/mol. The molecular formula is C18H17ClF3NO2. The summed E-state index contributed by atoms with van der Waals surface area (Å²) in [6.07, 6.45) is -4.74. The first kappa shape index (κ1) is 19.1. The summed E-state index contributed by atoms with van der Waals surface area (Å²) in [5.41, 5.74) is -0.381. The van der Waals surface area contributed by atoms with Crippen LogP contribution < -0.4 is 10.1 Å². The maximum absolute atomic E-state index is 12.7. The van der Waals surface area contributed by atoms with Gasteiger partial charge in [0.25, 0.3) is 5.91 Å². The molecule has 2 aromatic rings. The number of halogens is 4. The number of nitrogens with one attached hydrogen (secondary N) is 1. The summed E-state index contributed by atoms with van der Waals surface area (Å²) in [6.45, 7) is 1.77. The predicted molar refractivity (Wildman–Crippen MR) is 89.4 cm³/mol. The van der Waals surface area contributed by atoms with E-state index in [9.17, 15) is 18.0 Å². The molecule has 1 unspecified atom stereocenters. The van der Waals surface area contributed by atoms with Gasteiger partial charge in [0.2, 0.25) is 0 Å². The second-order valence-electron chi connectivity index (χ2n) is 5.38. The van der Waals surface area contributed by atoms with Crippen molar-refractivity contribution in [2.75, 3.05) is 0 Å². The van der Waals surface area contributed by atoms with E-state index < -0.39 is 23.8 Å². The van der Waals surface area contributed by atoms with Crippen LogP contribution in [-0.2, 0) is 17.5 Å². The van der Waals surface area contributed by atoms with Gasteiger partial charge in [-0.3, -0.25) is 4.79 Å². The maximum Gasteiger partial charge on any atom is 0.416 e. The zero-order valence-corrected chi connectivity index (χ0v) is 14.2. The summed E-state index contributed by atoms with van der Waals surface area (Å²) < 4.78 is 43.7. The number of ether oxygens (including phenoxy) is 1. The molecule has 134 valence electrons. The molecule has 0 aromatic heterocycles. The van der Waals surface area contributed by atoms with Crippen LogP contribution in [0.25, 0.3) is 0 Å². The van der Waals surface area contributed by atoms with Crippen molar-refractivity contribution < 1.29 is 22.7 Å². The summed E-state index contributed by atoms with van der Waals surface area (Å²) >= 11 is 5.79. The summed E-state index contributed by atoms with van der Waals surface area (Å²) in [4.78, 5) is 12.2. The van der Waals surface area contributed by atoms with Crippen LogP contribution >= 0.6 is 11.6 Å². The highest BCUT2D eigenvalue weighted by Crippen LogP contribution is 2.29. The van der Waals surface area contributed by atoms with Gasteiger partial charge in [0.05, 0.1) is 5.56 Å². The number of rotatable bonds is 6. The minimum Gasteiger partial charge on any atom is -0.481 e. The van der Waals surface area contributed by atoms with Crippen molar-refractivity contribution in [2.24, 2.45) is 0 Å². The van der Waals surface area contributed by atoms with E-state index in [0.29, 0.717) is 22.8 Å². The van der Waals surface area contributed by atoms with Crippen molar-refractivity contribution in [3.63, 3.8) is 0 Å². The van der Waals surface area contributed by atoms with Crippen molar-refractivity contribution in [3.05, 3.63) is 64.7 Å². The molecule has 3 nitrogen and oxygen atoms in total. The Morgan fingerprint density at radius 3 is 2.48 bits per heavy atom. The lowest BCUT2D eigenvalue weighted by Crippen LogP contribution is -2.37. The molecule has 1 N–H and O–H groups in total. The molecule has 0 aliphatic carbocycles. The Morgan fingerprint density at radius 1 is 1.20 bits per heavy atom. The van der Waals surface area contributed by atoms with Crippen LogP contribution in [0.5, 0.6) is 5.75 Å². The number of hydrogen-bond donors (Lipinski definition) is 1. The molecule has 2 rings (SSSR count). The third-order valence-corrected chi connectivity index (χ3v) is 3.73. The van der Waals surface area contributed by atoms with E-state index in [4.69, 9.17) is 16.3 Å². The smallest absolute Gasteiger partial charge is 0.416 e. The molecule has 7 heteroatoms. The highest BCUT2D eigenvalue weighted by Gasteiger charge is 2.30. The molecule has 2 aromatic carbocycles. The standard InChI is InChI=1S/C18H17ClF3NO2/c1-2-16(25-15-8-6-14(19)7-9-15)17(24)23-11-12-4-3-5-13(10-12)18(20,21)22/h3-10,16H,2,11H2,1H3,(H,23,24). The van der Waals surface area contributed by atoms with Gasteiger partial charge in [0.15, 0.2) is 6.10 Å². The van der Waals surface area contributed by atoms with Crippen LogP contribution in [0.2, 0.25) is 5.02 Å². The van der Waals surface area contributed by atoms with Crippen LogP contribution in [0.3, 0.4) is 0 Å². The van der Waals surface area contributed by atoms with Crippen LogP contribution in [0.15, 0.2) is 48.5 Å². The molecule has 0 bridgehead atoms. The third-order valence-electron chi connectivity index (χ3n) is 3.48. The van der Waals surface area contributed by atoms with Gasteiger partial charge in [-0.1, -0.05) is 30.7 Å². The number of carbonyl (C=O) groups is 1. The molecule has 25 heavy (non-hydrogen) atoms. The maximum atomic E-state index is 12.7. The predicted octanol–water partition coefficient (Wildman–Crippen LogP) is 4.83. The average Bonchev–Trinajstić information content (AvgIpc) is 2.58. The monoisotopic (exact) mass is 371 g/mol. The van der Waals surface area contributed by atoms with Crippen LogP contribution in [-0.4, -0.2) is 12.0 Å². The van der Waals surface area contributed by atoms with E-state index in [-0.39, 0.29) is 6.54 Å². The van der Waals surface area contributed by atoms with Crippen molar-refractivity contribution in [1.29, 1.82) is 0 Å². The van der Waals surface area contributed by atoms with Crippen molar-refractivity contribution in [3.8, 4) is 5.75 Å². The van der Waals surface area contributed by atoms with E-state index in [1.807, 2.05) is 0 Å². The fourth-order valence-electron chi connectivity index (χ4n) is 2.16. The molecule has 0 aliphatic rings. The molecule has 0 saturated carbocycles. The first-order chi connectivity index (χ1) is 11.8.